The lowest BCUT2D eigenvalue weighted by atomic mass is 9.93. The first-order valence-electron chi connectivity index (χ1n) is 11.3. The molecule has 1 aliphatic heterocycles. The predicted octanol–water partition coefficient (Wildman–Crippen LogP) is 6.02. The Morgan fingerprint density at radius 1 is 0.971 bits per heavy atom. The van der Waals surface area contributed by atoms with E-state index in [4.69, 9.17) is 23.8 Å². The number of aromatic nitrogens is 3. The number of nitrogens with one attached hydrogen (secondary N) is 1. The molecule has 1 aromatic carbocycles. The lowest BCUT2D eigenvalue weighted by molar-refractivity contribution is 0.309. The van der Waals surface area contributed by atoms with Crippen LogP contribution in [0.25, 0.3) is 5.69 Å². The van der Waals surface area contributed by atoms with Gasteiger partial charge in [0.25, 0.3) is 0 Å². The molecule has 2 atom stereocenters. The number of hydrogen-bond donors (Lipinski definition) is 1. The minimum atomic E-state index is -0.0671. The van der Waals surface area contributed by atoms with Crippen molar-refractivity contribution in [3.8, 4) is 5.69 Å². The normalized spacial score (nSPS) is 17.8. The van der Waals surface area contributed by atoms with Gasteiger partial charge in [0.1, 0.15) is 0 Å². The fourth-order valence-electron chi connectivity index (χ4n) is 5.02. The first-order valence-corrected chi connectivity index (χ1v) is 12.1. The molecule has 1 N–H and O–H groups in total. The van der Waals surface area contributed by atoms with Gasteiger partial charge in [-0.1, -0.05) is 23.7 Å². The second-order valence-electron chi connectivity index (χ2n) is 8.63. The van der Waals surface area contributed by atoms with Crippen LogP contribution in [0, 0.1) is 20.8 Å². The number of thiocarbonyl (C=S) groups is 1. The zero-order valence-electron chi connectivity index (χ0n) is 19.4. The van der Waals surface area contributed by atoms with Gasteiger partial charge < -0.3 is 14.8 Å². The summed E-state index contributed by atoms with van der Waals surface area (Å²) >= 11 is 12.2. The zero-order chi connectivity index (χ0) is 23.8. The first kappa shape index (κ1) is 22.6. The van der Waals surface area contributed by atoms with E-state index in [1.54, 1.807) is 0 Å². The molecule has 4 aromatic rings. The maximum absolute atomic E-state index is 6.35. The number of rotatable bonds is 5. The van der Waals surface area contributed by atoms with Crippen molar-refractivity contribution in [2.24, 2.45) is 0 Å². The van der Waals surface area contributed by atoms with Gasteiger partial charge in [0.05, 0.1) is 17.8 Å². The molecule has 5 rings (SSSR count). The molecular formula is C27H26ClN5S. The predicted molar refractivity (Wildman–Crippen MR) is 140 cm³/mol. The third-order valence-electron chi connectivity index (χ3n) is 6.67. The molecule has 34 heavy (non-hydrogen) atoms. The van der Waals surface area contributed by atoms with E-state index in [-0.39, 0.29) is 12.1 Å². The van der Waals surface area contributed by atoms with Gasteiger partial charge in [-0.15, -0.1) is 0 Å². The van der Waals surface area contributed by atoms with Crippen molar-refractivity contribution in [3.63, 3.8) is 0 Å². The number of nitrogens with zero attached hydrogens (tertiary/aromatic N) is 4. The number of halogens is 1. The Morgan fingerprint density at radius 2 is 1.76 bits per heavy atom. The van der Waals surface area contributed by atoms with Crippen LogP contribution < -0.4 is 5.32 Å². The first-order chi connectivity index (χ1) is 16.5. The maximum Gasteiger partial charge on any atom is 0.170 e. The largest absolute Gasteiger partial charge is 0.352 e. The monoisotopic (exact) mass is 487 g/mol. The SMILES string of the molecule is Cc1c([C@H]2[C@H](c3ccccn3)NC(=S)N2Cc2ccncc2)c(C)n(-c2cccc(Cl)c2)c1C. The lowest BCUT2D eigenvalue weighted by Crippen LogP contribution is -2.29. The highest BCUT2D eigenvalue weighted by molar-refractivity contribution is 7.80. The quantitative estimate of drug-likeness (QED) is 0.349. The molecule has 0 radical (unpaired) electrons. The van der Waals surface area contributed by atoms with Gasteiger partial charge >= 0.3 is 0 Å². The molecule has 4 heterocycles. The molecule has 0 bridgehead atoms. The van der Waals surface area contributed by atoms with Crippen molar-refractivity contribution in [2.75, 3.05) is 0 Å². The lowest BCUT2D eigenvalue weighted by Gasteiger charge is -2.29. The van der Waals surface area contributed by atoms with Crippen molar-refractivity contribution in [3.05, 3.63) is 112 Å². The van der Waals surface area contributed by atoms with Gasteiger partial charge in [0, 0.05) is 52.8 Å². The number of hydrogen-bond acceptors (Lipinski definition) is 3. The summed E-state index contributed by atoms with van der Waals surface area (Å²) in [4.78, 5) is 11.1. The fourth-order valence-corrected chi connectivity index (χ4v) is 5.51. The number of pyridine rings is 2. The van der Waals surface area contributed by atoms with Crippen molar-refractivity contribution in [2.45, 2.75) is 39.4 Å². The molecule has 7 heteroatoms. The average Bonchev–Trinajstić information content (AvgIpc) is 3.27. The Balaban J connectivity index is 1.67. The van der Waals surface area contributed by atoms with E-state index >= 15 is 0 Å². The highest BCUT2D eigenvalue weighted by atomic mass is 35.5. The molecule has 1 aliphatic rings. The van der Waals surface area contributed by atoms with Gasteiger partial charge in [0.2, 0.25) is 0 Å². The van der Waals surface area contributed by atoms with Gasteiger partial charge in [-0.3, -0.25) is 9.97 Å². The molecule has 0 unspecified atom stereocenters. The molecule has 0 saturated carbocycles. The standard InChI is InChI=1S/C27H26ClN5S/c1-17-18(2)33(22-8-6-7-21(28)15-22)19(3)24(17)26-25(23-9-4-5-12-30-23)31-27(34)32(26)16-20-10-13-29-14-11-20/h4-15,25-26H,16H2,1-3H3,(H,31,34)/t25-,26-/m0/s1. The summed E-state index contributed by atoms with van der Waals surface area (Å²) < 4.78 is 2.29. The van der Waals surface area contributed by atoms with E-state index in [0.29, 0.717) is 6.54 Å². The Bertz CT molecular complexity index is 1340. The molecule has 5 nitrogen and oxygen atoms in total. The van der Waals surface area contributed by atoms with E-state index in [2.05, 4.69) is 57.7 Å². The van der Waals surface area contributed by atoms with Crippen molar-refractivity contribution in [1.29, 1.82) is 0 Å². The Hall–Kier alpha value is -3.22. The third kappa shape index (κ3) is 3.97. The van der Waals surface area contributed by atoms with E-state index in [9.17, 15) is 0 Å². The Kier molecular flexibility index (Phi) is 6.11. The summed E-state index contributed by atoms with van der Waals surface area (Å²) in [6.45, 7) is 7.22. The van der Waals surface area contributed by atoms with Crippen LogP contribution in [0.15, 0.2) is 73.2 Å². The molecule has 0 aliphatic carbocycles. The van der Waals surface area contributed by atoms with Gasteiger partial charge in [-0.2, -0.15) is 0 Å². The third-order valence-corrected chi connectivity index (χ3v) is 7.26. The van der Waals surface area contributed by atoms with Crippen LogP contribution in [0.2, 0.25) is 5.02 Å². The average molecular weight is 488 g/mol. The number of benzene rings is 1. The second kappa shape index (κ2) is 9.20. The molecule has 0 amide bonds. The van der Waals surface area contributed by atoms with E-state index in [1.165, 1.54) is 22.5 Å². The Labute approximate surface area is 210 Å². The summed E-state index contributed by atoms with van der Waals surface area (Å²) in [6.07, 6.45) is 5.48. The second-order valence-corrected chi connectivity index (χ2v) is 9.46. The molecule has 1 saturated heterocycles. The van der Waals surface area contributed by atoms with Crippen LogP contribution in [-0.2, 0) is 6.54 Å². The van der Waals surface area contributed by atoms with Crippen molar-refractivity contribution in [1.82, 2.24) is 24.8 Å². The topological polar surface area (TPSA) is 46.0 Å². The van der Waals surface area contributed by atoms with Crippen molar-refractivity contribution < 1.29 is 0 Å². The highest BCUT2D eigenvalue weighted by Crippen LogP contribution is 2.44. The summed E-state index contributed by atoms with van der Waals surface area (Å²) in [5.41, 5.74) is 8.06. The maximum atomic E-state index is 6.35. The minimum Gasteiger partial charge on any atom is -0.352 e. The van der Waals surface area contributed by atoms with Crippen LogP contribution in [0.5, 0.6) is 0 Å². The summed E-state index contributed by atoms with van der Waals surface area (Å²) in [7, 11) is 0. The van der Waals surface area contributed by atoms with Crippen LogP contribution in [-0.4, -0.2) is 24.5 Å². The molecular weight excluding hydrogens is 462 g/mol. The van der Waals surface area contributed by atoms with Crippen LogP contribution >= 0.6 is 23.8 Å². The molecule has 3 aromatic heterocycles. The van der Waals surface area contributed by atoms with Crippen LogP contribution in [0.4, 0.5) is 0 Å². The smallest absolute Gasteiger partial charge is 0.170 e. The molecule has 1 fully saturated rings. The van der Waals surface area contributed by atoms with Gasteiger partial charge in [0.15, 0.2) is 5.11 Å². The van der Waals surface area contributed by atoms with Gasteiger partial charge in [-0.25, -0.2) is 0 Å². The molecule has 172 valence electrons. The fraction of sp³-hybridized carbons (Fsp3) is 0.222. The highest BCUT2D eigenvalue weighted by Gasteiger charge is 2.42. The van der Waals surface area contributed by atoms with E-state index in [1.807, 2.05) is 61.1 Å². The zero-order valence-corrected chi connectivity index (χ0v) is 20.9. The van der Waals surface area contributed by atoms with Gasteiger partial charge in [-0.05, 0) is 86.6 Å². The Morgan fingerprint density at radius 3 is 2.47 bits per heavy atom. The van der Waals surface area contributed by atoms with E-state index < -0.39 is 0 Å². The summed E-state index contributed by atoms with van der Waals surface area (Å²) in [5.74, 6) is 0. The van der Waals surface area contributed by atoms with E-state index in [0.717, 1.165) is 27.1 Å². The molecule has 0 spiro atoms. The van der Waals surface area contributed by atoms with Crippen LogP contribution in [0.1, 0.15) is 45.9 Å². The minimum absolute atomic E-state index is 0.0188. The van der Waals surface area contributed by atoms with Crippen molar-refractivity contribution >= 4 is 28.9 Å². The summed E-state index contributed by atoms with van der Waals surface area (Å²) in [5, 5.41) is 5.02. The van der Waals surface area contributed by atoms with Crippen LogP contribution in [0.3, 0.4) is 0 Å². The summed E-state index contributed by atoms with van der Waals surface area (Å²) in [6, 6.07) is 18.0.